The highest BCUT2D eigenvalue weighted by molar-refractivity contribution is 5.85. The third-order valence-electron chi connectivity index (χ3n) is 7.07. The van der Waals surface area contributed by atoms with Gasteiger partial charge in [0.25, 0.3) is 0 Å². The van der Waals surface area contributed by atoms with Crippen LogP contribution >= 0.6 is 24.8 Å². The molecule has 170 valence electrons. The van der Waals surface area contributed by atoms with Crippen LogP contribution in [0.25, 0.3) is 0 Å². The first-order valence-corrected chi connectivity index (χ1v) is 11.2. The highest BCUT2D eigenvalue weighted by Crippen LogP contribution is 2.33. The van der Waals surface area contributed by atoms with Crippen molar-refractivity contribution in [1.82, 2.24) is 15.5 Å². The first-order valence-electron chi connectivity index (χ1n) is 11.2. The van der Waals surface area contributed by atoms with E-state index in [2.05, 4.69) is 15.5 Å². The minimum Gasteiger partial charge on any atom is -0.387 e. The third kappa shape index (κ3) is 6.57. The Hall–Kier alpha value is -0.850. The van der Waals surface area contributed by atoms with Gasteiger partial charge in [0, 0.05) is 19.1 Å². The Kier molecular flexibility index (Phi) is 10.4. The first kappa shape index (κ1) is 25.4. The summed E-state index contributed by atoms with van der Waals surface area (Å²) >= 11 is 0. The molecule has 0 aromatic heterocycles. The van der Waals surface area contributed by atoms with Crippen LogP contribution in [0.1, 0.15) is 56.6 Å². The summed E-state index contributed by atoms with van der Waals surface area (Å²) in [5.41, 5.74) is 0.988. The zero-order valence-corrected chi connectivity index (χ0v) is 19.3. The van der Waals surface area contributed by atoms with Gasteiger partial charge in [-0.2, -0.15) is 0 Å². The van der Waals surface area contributed by atoms with Gasteiger partial charge in [-0.25, -0.2) is 0 Å². The highest BCUT2D eigenvalue weighted by atomic mass is 35.5. The maximum Gasteiger partial charge on any atom is 0.237 e. The Bertz CT molecular complexity index is 627. The normalized spacial score (nSPS) is 28.0. The molecule has 2 saturated heterocycles. The fourth-order valence-corrected chi connectivity index (χ4v) is 5.29. The van der Waals surface area contributed by atoms with Crippen molar-refractivity contribution in [1.29, 1.82) is 0 Å². The summed E-state index contributed by atoms with van der Waals surface area (Å²) < 4.78 is 0. The van der Waals surface area contributed by atoms with E-state index in [1.54, 1.807) is 0 Å². The van der Waals surface area contributed by atoms with E-state index in [0.29, 0.717) is 24.4 Å². The second kappa shape index (κ2) is 12.3. The molecule has 0 radical (unpaired) electrons. The SMILES string of the molecule is Cl.Cl.O=C(NCC1CCN(CC(O)c2ccccc2)CC1)C1CC2CCCCC2N1. The van der Waals surface area contributed by atoms with E-state index < -0.39 is 6.10 Å². The number of nitrogens with zero attached hydrogens (tertiary/aromatic N) is 1. The Morgan fingerprint density at radius 2 is 1.80 bits per heavy atom. The lowest BCUT2D eigenvalue weighted by Gasteiger charge is -2.33. The standard InChI is InChI=1S/C23H35N3O2.2ClH/c27-22(18-6-2-1-3-7-18)16-26-12-10-17(11-13-26)15-24-23(28)21-14-19-8-4-5-9-20(19)25-21;;/h1-3,6-7,17,19-22,25,27H,4-5,8-16H2,(H,24,28);2*1H. The molecule has 3 aliphatic rings. The summed E-state index contributed by atoms with van der Waals surface area (Å²) in [6.07, 6.45) is 7.93. The fraction of sp³-hybridized carbons (Fsp3) is 0.696. The molecule has 4 rings (SSSR count). The number of benzene rings is 1. The molecule has 1 amide bonds. The van der Waals surface area contributed by atoms with E-state index in [1.807, 2.05) is 30.3 Å². The van der Waals surface area contributed by atoms with E-state index in [4.69, 9.17) is 0 Å². The first-order chi connectivity index (χ1) is 13.7. The number of likely N-dealkylation sites (tertiary alicyclic amines) is 1. The van der Waals surface area contributed by atoms with Gasteiger partial charge < -0.3 is 20.6 Å². The molecule has 0 bridgehead atoms. The van der Waals surface area contributed by atoms with Gasteiger partial charge in [0.15, 0.2) is 0 Å². The smallest absolute Gasteiger partial charge is 0.237 e. The Balaban J connectivity index is 0.00000160. The number of carbonyl (C=O) groups excluding carboxylic acids is 1. The van der Waals surface area contributed by atoms with Gasteiger partial charge in [-0.1, -0.05) is 43.2 Å². The molecule has 3 fully saturated rings. The molecule has 0 spiro atoms. The number of hydrogen-bond donors (Lipinski definition) is 3. The van der Waals surface area contributed by atoms with E-state index in [-0.39, 0.29) is 36.8 Å². The molecule has 1 aliphatic carbocycles. The maximum atomic E-state index is 12.6. The molecule has 1 saturated carbocycles. The number of halogens is 2. The van der Waals surface area contributed by atoms with E-state index >= 15 is 0 Å². The van der Waals surface area contributed by atoms with Crippen LogP contribution in [-0.4, -0.2) is 54.2 Å². The number of β-amino-alcohol motifs (C(OH)–C–C–N with tert-alkyl or cyclic N) is 1. The quantitative estimate of drug-likeness (QED) is 0.612. The molecule has 5 nitrogen and oxygen atoms in total. The molecule has 4 unspecified atom stereocenters. The van der Waals surface area contributed by atoms with Gasteiger partial charge in [-0.3, -0.25) is 4.79 Å². The molecular formula is C23H37Cl2N3O2. The zero-order chi connectivity index (χ0) is 19.3. The van der Waals surface area contributed by atoms with E-state index in [9.17, 15) is 9.90 Å². The van der Waals surface area contributed by atoms with Crippen LogP contribution < -0.4 is 10.6 Å². The van der Waals surface area contributed by atoms with E-state index in [0.717, 1.165) is 44.5 Å². The van der Waals surface area contributed by atoms with Crippen LogP contribution in [0, 0.1) is 11.8 Å². The van der Waals surface area contributed by atoms with Crippen LogP contribution in [0.15, 0.2) is 30.3 Å². The monoisotopic (exact) mass is 457 g/mol. The van der Waals surface area contributed by atoms with Crippen LogP contribution in [0.4, 0.5) is 0 Å². The number of amides is 1. The lowest BCUT2D eigenvalue weighted by Crippen LogP contribution is -2.46. The molecule has 3 N–H and O–H groups in total. The number of rotatable bonds is 6. The molecule has 7 heteroatoms. The number of carbonyl (C=O) groups is 1. The van der Waals surface area contributed by atoms with Crippen LogP contribution in [-0.2, 0) is 4.79 Å². The largest absolute Gasteiger partial charge is 0.387 e. The van der Waals surface area contributed by atoms with Crippen molar-refractivity contribution < 1.29 is 9.90 Å². The summed E-state index contributed by atoms with van der Waals surface area (Å²) in [7, 11) is 0. The lowest BCUT2D eigenvalue weighted by molar-refractivity contribution is -0.123. The Morgan fingerprint density at radius 3 is 2.50 bits per heavy atom. The molecule has 4 atom stereocenters. The van der Waals surface area contributed by atoms with Gasteiger partial charge in [0.1, 0.15) is 0 Å². The van der Waals surface area contributed by atoms with Gasteiger partial charge in [0.2, 0.25) is 5.91 Å². The summed E-state index contributed by atoms with van der Waals surface area (Å²) in [4.78, 5) is 14.9. The van der Waals surface area contributed by atoms with Crippen molar-refractivity contribution in [3.8, 4) is 0 Å². The van der Waals surface area contributed by atoms with Crippen LogP contribution in [0.5, 0.6) is 0 Å². The third-order valence-corrected chi connectivity index (χ3v) is 7.07. The van der Waals surface area contributed by atoms with Crippen molar-refractivity contribution in [3.63, 3.8) is 0 Å². The number of aliphatic hydroxyl groups is 1. The fourth-order valence-electron chi connectivity index (χ4n) is 5.29. The second-order valence-corrected chi connectivity index (χ2v) is 9.02. The topological polar surface area (TPSA) is 64.6 Å². The number of fused-ring (bicyclic) bond motifs is 1. The average Bonchev–Trinajstić information content (AvgIpc) is 3.18. The number of hydrogen-bond acceptors (Lipinski definition) is 4. The Morgan fingerprint density at radius 1 is 1.10 bits per heavy atom. The van der Waals surface area contributed by atoms with Gasteiger partial charge >= 0.3 is 0 Å². The molecule has 2 aliphatic heterocycles. The van der Waals surface area contributed by atoms with Crippen molar-refractivity contribution in [2.24, 2.45) is 11.8 Å². The molecule has 1 aromatic carbocycles. The second-order valence-electron chi connectivity index (χ2n) is 9.02. The van der Waals surface area contributed by atoms with E-state index in [1.165, 1.54) is 25.7 Å². The molecule has 30 heavy (non-hydrogen) atoms. The summed E-state index contributed by atoms with van der Waals surface area (Å²) in [6, 6.07) is 10.5. The summed E-state index contributed by atoms with van der Waals surface area (Å²) in [5.74, 6) is 1.47. The van der Waals surface area contributed by atoms with Crippen LogP contribution in [0.3, 0.4) is 0 Å². The van der Waals surface area contributed by atoms with Crippen molar-refractivity contribution in [3.05, 3.63) is 35.9 Å². The zero-order valence-electron chi connectivity index (χ0n) is 17.7. The van der Waals surface area contributed by atoms with Crippen molar-refractivity contribution in [2.45, 2.75) is 63.1 Å². The average molecular weight is 458 g/mol. The molecule has 2 heterocycles. The summed E-state index contributed by atoms with van der Waals surface area (Å²) in [5, 5.41) is 17.2. The minimum absolute atomic E-state index is 0. The van der Waals surface area contributed by atoms with Gasteiger partial charge in [0.05, 0.1) is 12.1 Å². The maximum absolute atomic E-state index is 12.6. The van der Waals surface area contributed by atoms with Gasteiger partial charge in [-0.15, -0.1) is 24.8 Å². The molecule has 1 aromatic rings. The van der Waals surface area contributed by atoms with Crippen molar-refractivity contribution in [2.75, 3.05) is 26.2 Å². The van der Waals surface area contributed by atoms with Crippen molar-refractivity contribution >= 4 is 30.7 Å². The highest BCUT2D eigenvalue weighted by Gasteiger charge is 2.38. The minimum atomic E-state index is -0.422. The predicted octanol–water partition coefficient (Wildman–Crippen LogP) is 3.31. The Labute approximate surface area is 193 Å². The molecular weight excluding hydrogens is 421 g/mol. The van der Waals surface area contributed by atoms with Gasteiger partial charge in [-0.05, 0) is 62.6 Å². The predicted molar refractivity (Wildman–Crippen MR) is 125 cm³/mol. The number of nitrogens with one attached hydrogen (secondary N) is 2. The lowest BCUT2D eigenvalue weighted by atomic mass is 9.85. The summed E-state index contributed by atoms with van der Waals surface area (Å²) in [6.45, 7) is 3.48. The van der Waals surface area contributed by atoms with Crippen LogP contribution in [0.2, 0.25) is 0 Å². The number of aliphatic hydroxyl groups excluding tert-OH is 1. The number of piperidine rings is 1.